The Kier molecular flexibility index (Phi) is 3.51. The molecule has 2 radical (unpaired) electrons. The number of fused-ring (bicyclic) bond motifs is 6. The first-order chi connectivity index (χ1) is 14.3. The van der Waals surface area contributed by atoms with Crippen molar-refractivity contribution in [3.05, 3.63) is 103 Å². The second-order valence-electron chi connectivity index (χ2n) is 7.57. The Morgan fingerprint density at radius 1 is 0.414 bits per heavy atom. The fourth-order valence-corrected chi connectivity index (χ4v) is 4.71. The van der Waals surface area contributed by atoms with Gasteiger partial charge in [0.2, 0.25) is 0 Å². The zero-order valence-electron chi connectivity index (χ0n) is 15.9. The third-order valence-corrected chi connectivity index (χ3v) is 6.00. The minimum Gasteiger partial charge on any atom is -0.0806 e. The van der Waals surface area contributed by atoms with Crippen molar-refractivity contribution in [2.24, 2.45) is 0 Å². The number of benzene rings is 6. The van der Waals surface area contributed by atoms with Crippen LogP contribution in [-0.2, 0) is 0 Å². The molecular formula is C28H17B. The SMILES string of the molecule is [B]c1c2ccc3ccccc3c2c(-c2ccccc2)c2ccc3ccccc3c12. The molecule has 132 valence electrons. The fourth-order valence-electron chi connectivity index (χ4n) is 4.71. The molecular weight excluding hydrogens is 347 g/mol. The number of hydrogen-bond donors (Lipinski definition) is 0. The highest BCUT2D eigenvalue weighted by Gasteiger charge is 2.16. The van der Waals surface area contributed by atoms with Gasteiger partial charge in [-0.2, -0.15) is 0 Å². The number of rotatable bonds is 1. The van der Waals surface area contributed by atoms with E-state index in [1.807, 2.05) is 0 Å². The van der Waals surface area contributed by atoms with Crippen molar-refractivity contribution in [2.45, 2.75) is 0 Å². The molecule has 0 aliphatic heterocycles. The van der Waals surface area contributed by atoms with Gasteiger partial charge in [-0.15, -0.1) is 0 Å². The summed E-state index contributed by atoms with van der Waals surface area (Å²) >= 11 is 0. The van der Waals surface area contributed by atoms with Gasteiger partial charge in [0.15, 0.2) is 0 Å². The Balaban J connectivity index is 1.97. The van der Waals surface area contributed by atoms with Gasteiger partial charge in [0.1, 0.15) is 7.85 Å². The Morgan fingerprint density at radius 2 is 0.966 bits per heavy atom. The van der Waals surface area contributed by atoms with E-state index in [0.29, 0.717) is 0 Å². The van der Waals surface area contributed by atoms with Crippen molar-refractivity contribution < 1.29 is 0 Å². The molecule has 0 amide bonds. The molecule has 1 heteroatoms. The van der Waals surface area contributed by atoms with Gasteiger partial charge in [-0.3, -0.25) is 0 Å². The standard InChI is InChI=1S/C28H17B/c29-28-24-17-15-18-8-4-6-12-21(18)26(24)25(20-10-2-1-3-11-20)23-16-14-19-9-5-7-13-22(19)27(23)28/h1-17H. The molecule has 0 aliphatic carbocycles. The van der Waals surface area contributed by atoms with E-state index in [4.69, 9.17) is 7.85 Å². The Hall–Kier alpha value is -3.58. The largest absolute Gasteiger partial charge is 0.115 e. The molecule has 0 heterocycles. The zero-order valence-corrected chi connectivity index (χ0v) is 15.9. The maximum absolute atomic E-state index is 6.86. The van der Waals surface area contributed by atoms with Crippen LogP contribution in [0.3, 0.4) is 0 Å². The Labute approximate surface area is 170 Å². The highest BCUT2D eigenvalue weighted by molar-refractivity contribution is 6.50. The molecule has 6 rings (SSSR count). The van der Waals surface area contributed by atoms with E-state index in [1.165, 1.54) is 43.4 Å². The molecule has 0 N–H and O–H groups in total. The molecule has 0 unspecified atom stereocenters. The maximum atomic E-state index is 6.86. The molecule has 0 aromatic heterocycles. The van der Waals surface area contributed by atoms with Crippen LogP contribution in [0.1, 0.15) is 0 Å². The van der Waals surface area contributed by atoms with E-state index >= 15 is 0 Å². The van der Waals surface area contributed by atoms with Crippen LogP contribution in [0, 0.1) is 0 Å². The average Bonchev–Trinajstić information content (AvgIpc) is 2.79. The van der Waals surface area contributed by atoms with Gasteiger partial charge in [-0.25, -0.2) is 0 Å². The van der Waals surface area contributed by atoms with Gasteiger partial charge < -0.3 is 0 Å². The molecule has 0 bridgehead atoms. The minimum atomic E-state index is 0.859. The molecule has 6 aromatic carbocycles. The molecule has 29 heavy (non-hydrogen) atoms. The summed E-state index contributed by atoms with van der Waals surface area (Å²) in [4.78, 5) is 0. The molecule has 0 spiro atoms. The van der Waals surface area contributed by atoms with E-state index in [9.17, 15) is 0 Å². The number of hydrogen-bond acceptors (Lipinski definition) is 0. The summed E-state index contributed by atoms with van der Waals surface area (Å²) in [6.45, 7) is 0. The van der Waals surface area contributed by atoms with Crippen molar-refractivity contribution in [3.8, 4) is 11.1 Å². The normalized spacial score (nSPS) is 11.6. The van der Waals surface area contributed by atoms with Crippen LogP contribution >= 0.6 is 0 Å². The van der Waals surface area contributed by atoms with Gasteiger partial charge in [-0.05, 0) is 54.2 Å². The fraction of sp³-hybridized carbons (Fsp3) is 0. The van der Waals surface area contributed by atoms with E-state index in [2.05, 4.69) is 103 Å². The lowest BCUT2D eigenvalue weighted by Crippen LogP contribution is -2.08. The third kappa shape index (κ3) is 2.34. The summed E-state index contributed by atoms with van der Waals surface area (Å²) in [6, 6.07) is 36.6. The van der Waals surface area contributed by atoms with E-state index in [0.717, 1.165) is 16.2 Å². The minimum absolute atomic E-state index is 0.859. The quantitative estimate of drug-likeness (QED) is 0.172. The van der Waals surface area contributed by atoms with Crippen LogP contribution in [0.5, 0.6) is 0 Å². The predicted octanol–water partition coefficient (Wildman–Crippen LogP) is 6.76. The lowest BCUT2D eigenvalue weighted by atomic mass is 9.78. The zero-order chi connectivity index (χ0) is 19.4. The molecule has 0 atom stereocenters. The summed E-state index contributed by atoms with van der Waals surface area (Å²) in [7, 11) is 6.86. The maximum Gasteiger partial charge on any atom is 0.115 e. The van der Waals surface area contributed by atoms with Crippen LogP contribution in [0.15, 0.2) is 103 Å². The Morgan fingerprint density at radius 3 is 1.66 bits per heavy atom. The van der Waals surface area contributed by atoms with Gasteiger partial charge in [0.25, 0.3) is 0 Å². The average molecular weight is 364 g/mol. The summed E-state index contributed by atoms with van der Waals surface area (Å²) < 4.78 is 0. The Bertz CT molecular complexity index is 1550. The smallest absolute Gasteiger partial charge is 0.0806 e. The molecule has 0 saturated carbocycles. The highest BCUT2D eigenvalue weighted by atomic mass is 14.2. The van der Waals surface area contributed by atoms with Crippen LogP contribution < -0.4 is 5.46 Å². The third-order valence-electron chi connectivity index (χ3n) is 6.00. The summed E-state index contributed by atoms with van der Waals surface area (Å²) in [6.07, 6.45) is 0. The van der Waals surface area contributed by atoms with Crippen LogP contribution in [0.4, 0.5) is 0 Å². The molecule has 0 nitrogen and oxygen atoms in total. The second kappa shape index (κ2) is 6.22. The van der Waals surface area contributed by atoms with Crippen LogP contribution in [0.2, 0.25) is 0 Å². The molecule has 6 aromatic rings. The van der Waals surface area contributed by atoms with Crippen molar-refractivity contribution in [3.63, 3.8) is 0 Å². The second-order valence-corrected chi connectivity index (χ2v) is 7.57. The lowest BCUT2D eigenvalue weighted by molar-refractivity contribution is 1.69. The summed E-state index contributed by atoms with van der Waals surface area (Å²) in [5, 5.41) is 9.59. The highest BCUT2D eigenvalue weighted by Crippen LogP contribution is 2.40. The molecule has 0 saturated heterocycles. The van der Waals surface area contributed by atoms with E-state index in [-0.39, 0.29) is 0 Å². The molecule has 0 fully saturated rings. The predicted molar refractivity (Wildman–Crippen MR) is 127 cm³/mol. The monoisotopic (exact) mass is 364 g/mol. The first-order valence-corrected chi connectivity index (χ1v) is 9.93. The topological polar surface area (TPSA) is 0 Å². The van der Waals surface area contributed by atoms with Gasteiger partial charge in [0.05, 0.1) is 0 Å². The van der Waals surface area contributed by atoms with Crippen molar-refractivity contribution in [2.75, 3.05) is 0 Å². The molecule has 0 aliphatic rings. The van der Waals surface area contributed by atoms with Gasteiger partial charge in [0, 0.05) is 0 Å². The van der Waals surface area contributed by atoms with Gasteiger partial charge >= 0.3 is 0 Å². The van der Waals surface area contributed by atoms with Crippen molar-refractivity contribution in [1.29, 1.82) is 0 Å². The van der Waals surface area contributed by atoms with Crippen LogP contribution in [0.25, 0.3) is 54.2 Å². The van der Waals surface area contributed by atoms with E-state index < -0.39 is 0 Å². The summed E-state index contributed by atoms with van der Waals surface area (Å²) in [5.41, 5.74) is 3.33. The summed E-state index contributed by atoms with van der Waals surface area (Å²) in [5.74, 6) is 0. The van der Waals surface area contributed by atoms with Gasteiger partial charge in [-0.1, -0.05) is 109 Å². The van der Waals surface area contributed by atoms with Crippen molar-refractivity contribution >= 4 is 56.4 Å². The van der Waals surface area contributed by atoms with Crippen molar-refractivity contribution in [1.82, 2.24) is 0 Å². The van der Waals surface area contributed by atoms with E-state index in [1.54, 1.807) is 0 Å². The van der Waals surface area contributed by atoms with Crippen LogP contribution in [-0.4, -0.2) is 7.85 Å². The first-order valence-electron chi connectivity index (χ1n) is 9.93. The lowest BCUT2D eigenvalue weighted by Gasteiger charge is -2.19. The first kappa shape index (κ1) is 16.4.